The van der Waals surface area contributed by atoms with Crippen molar-refractivity contribution < 1.29 is 27.4 Å². The molecule has 0 aliphatic carbocycles. The summed E-state index contributed by atoms with van der Waals surface area (Å²) < 4.78 is 44.7. The van der Waals surface area contributed by atoms with Crippen molar-refractivity contribution in [3.63, 3.8) is 0 Å². The van der Waals surface area contributed by atoms with Crippen molar-refractivity contribution in [2.45, 2.75) is 38.1 Å². The minimum Gasteiger partial charge on any atom is -0.494 e. The van der Waals surface area contributed by atoms with Gasteiger partial charge in [-0.15, -0.1) is 0 Å². The molecule has 0 aliphatic rings. The number of amides is 1. The van der Waals surface area contributed by atoms with Crippen LogP contribution in [-0.2, 0) is 21.2 Å². The molecule has 3 aromatic rings. The molecular weight excluding hydrogens is 492 g/mol. The van der Waals surface area contributed by atoms with Gasteiger partial charge in [0.2, 0.25) is 5.91 Å². The summed E-state index contributed by atoms with van der Waals surface area (Å²) >= 11 is 0. The summed E-state index contributed by atoms with van der Waals surface area (Å²) in [5, 5.41) is 2.92. The Balaban J connectivity index is 1.92. The molecule has 9 heteroatoms. The van der Waals surface area contributed by atoms with E-state index in [-0.39, 0.29) is 16.7 Å². The molecule has 3 aromatic carbocycles. The summed E-state index contributed by atoms with van der Waals surface area (Å²) in [6, 6.07) is 18.6. The third-order valence-electron chi connectivity index (χ3n) is 5.93. The third-order valence-corrected chi connectivity index (χ3v) is 7.70. The number of methoxy groups -OCH3 is 2. The number of hydrogen-bond donors (Lipinski definition) is 1. The average molecular weight is 527 g/mol. The Labute approximate surface area is 219 Å². The van der Waals surface area contributed by atoms with Crippen molar-refractivity contribution >= 4 is 21.6 Å². The smallest absolute Gasteiger partial charge is 0.264 e. The minimum absolute atomic E-state index is 0.0324. The van der Waals surface area contributed by atoms with Gasteiger partial charge in [0.1, 0.15) is 12.3 Å². The maximum Gasteiger partial charge on any atom is 0.264 e. The fourth-order valence-corrected chi connectivity index (χ4v) is 5.27. The molecule has 198 valence electrons. The summed E-state index contributed by atoms with van der Waals surface area (Å²) in [7, 11) is -1.24. The van der Waals surface area contributed by atoms with E-state index in [0.717, 1.165) is 16.3 Å². The molecule has 0 heterocycles. The van der Waals surface area contributed by atoms with Crippen molar-refractivity contribution in [2.24, 2.45) is 0 Å². The fraction of sp³-hybridized carbons (Fsp3) is 0.321. The zero-order chi connectivity index (χ0) is 27.0. The first-order chi connectivity index (χ1) is 17.7. The Kier molecular flexibility index (Phi) is 9.41. The molecule has 0 unspecified atom stereocenters. The second kappa shape index (κ2) is 12.5. The topological polar surface area (TPSA) is 94.2 Å². The van der Waals surface area contributed by atoms with Gasteiger partial charge in [0.15, 0.2) is 11.5 Å². The van der Waals surface area contributed by atoms with E-state index in [4.69, 9.17) is 14.2 Å². The van der Waals surface area contributed by atoms with Crippen LogP contribution in [0.2, 0.25) is 0 Å². The Bertz CT molecular complexity index is 1290. The Hall–Kier alpha value is -3.72. The van der Waals surface area contributed by atoms with Gasteiger partial charge in [0.05, 0.1) is 37.5 Å². The van der Waals surface area contributed by atoms with Crippen molar-refractivity contribution in [3.05, 3.63) is 77.9 Å². The first-order valence-corrected chi connectivity index (χ1v) is 13.5. The monoisotopic (exact) mass is 526 g/mol. The third kappa shape index (κ3) is 6.74. The van der Waals surface area contributed by atoms with Crippen LogP contribution in [-0.4, -0.2) is 41.7 Å². The second-order valence-corrected chi connectivity index (χ2v) is 10.2. The van der Waals surface area contributed by atoms with Gasteiger partial charge in [-0.05, 0) is 67.8 Å². The van der Waals surface area contributed by atoms with Gasteiger partial charge in [-0.25, -0.2) is 8.42 Å². The summed E-state index contributed by atoms with van der Waals surface area (Å²) in [6.07, 6.45) is 0.923. The van der Waals surface area contributed by atoms with Crippen molar-refractivity contribution in [2.75, 3.05) is 31.7 Å². The average Bonchev–Trinajstić information content (AvgIpc) is 2.91. The number of benzene rings is 3. The van der Waals surface area contributed by atoms with E-state index in [9.17, 15) is 13.2 Å². The van der Waals surface area contributed by atoms with Gasteiger partial charge in [-0.1, -0.05) is 31.2 Å². The lowest BCUT2D eigenvalue weighted by molar-refractivity contribution is -0.120. The van der Waals surface area contributed by atoms with Crippen LogP contribution in [0.3, 0.4) is 0 Å². The van der Waals surface area contributed by atoms with E-state index in [1.165, 1.54) is 38.0 Å². The highest BCUT2D eigenvalue weighted by atomic mass is 32.2. The number of rotatable bonds is 12. The lowest BCUT2D eigenvalue weighted by Crippen LogP contribution is -2.41. The van der Waals surface area contributed by atoms with Crippen molar-refractivity contribution in [1.82, 2.24) is 5.32 Å². The molecule has 0 fully saturated rings. The number of carbonyl (C=O) groups is 1. The molecular formula is C28H34N2O6S. The lowest BCUT2D eigenvalue weighted by Gasteiger charge is -2.25. The van der Waals surface area contributed by atoms with Crippen LogP contribution in [0.1, 0.15) is 37.9 Å². The molecule has 0 aromatic heterocycles. The van der Waals surface area contributed by atoms with Gasteiger partial charge in [-0.3, -0.25) is 9.10 Å². The number of carbonyl (C=O) groups excluding carboxylic acids is 1. The highest BCUT2D eigenvalue weighted by Gasteiger charge is 2.29. The van der Waals surface area contributed by atoms with Crippen LogP contribution in [0.25, 0.3) is 0 Å². The lowest BCUT2D eigenvalue weighted by atomic mass is 10.1. The first-order valence-electron chi connectivity index (χ1n) is 12.1. The van der Waals surface area contributed by atoms with E-state index in [1.54, 1.807) is 24.3 Å². The van der Waals surface area contributed by atoms with Crippen molar-refractivity contribution in [1.29, 1.82) is 0 Å². The standard InChI is InChI=1S/C28H34N2O6S/c1-6-21-8-10-22(11-9-21)20(3)29-28(31)19-30(23-12-14-24(15-13-23)36-7-2)37(32,33)25-16-17-26(34-4)27(18-25)35-5/h8-18,20H,6-7,19H2,1-5H3,(H,29,31)/t20-/m0/s1. The van der Waals surface area contributed by atoms with Gasteiger partial charge in [-0.2, -0.15) is 0 Å². The molecule has 0 aliphatic heterocycles. The maximum atomic E-state index is 13.8. The van der Waals surface area contributed by atoms with Crippen LogP contribution in [0, 0.1) is 0 Å². The van der Waals surface area contributed by atoms with Crippen LogP contribution < -0.4 is 23.8 Å². The number of sulfonamides is 1. The van der Waals surface area contributed by atoms with Crippen LogP contribution in [0.4, 0.5) is 5.69 Å². The largest absolute Gasteiger partial charge is 0.494 e. The van der Waals surface area contributed by atoms with Crippen LogP contribution in [0.5, 0.6) is 17.2 Å². The normalized spacial score (nSPS) is 11.9. The first kappa shape index (κ1) is 27.9. The minimum atomic E-state index is -4.15. The van der Waals surface area contributed by atoms with E-state index in [1.807, 2.05) is 38.1 Å². The van der Waals surface area contributed by atoms with Crippen LogP contribution >= 0.6 is 0 Å². The van der Waals surface area contributed by atoms with Gasteiger partial charge >= 0.3 is 0 Å². The Morgan fingerprint density at radius 2 is 1.57 bits per heavy atom. The van der Waals surface area contributed by atoms with Gasteiger partial charge < -0.3 is 19.5 Å². The van der Waals surface area contributed by atoms with E-state index < -0.39 is 22.5 Å². The van der Waals surface area contributed by atoms with Crippen molar-refractivity contribution in [3.8, 4) is 17.2 Å². The van der Waals surface area contributed by atoms with E-state index in [0.29, 0.717) is 23.8 Å². The molecule has 1 atom stereocenters. The summed E-state index contributed by atoms with van der Waals surface area (Å²) in [5.74, 6) is 0.826. The van der Waals surface area contributed by atoms with Gasteiger partial charge in [0, 0.05) is 6.07 Å². The second-order valence-electron chi connectivity index (χ2n) is 8.34. The highest BCUT2D eigenvalue weighted by Crippen LogP contribution is 2.32. The highest BCUT2D eigenvalue weighted by molar-refractivity contribution is 7.92. The van der Waals surface area contributed by atoms with Gasteiger partial charge in [0.25, 0.3) is 10.0 Å². The molecule has 0 saturated heterocycles. The van der Waals surface area contributed by atoms with E-state index in [2.05, 4.69) is 12.2 Å². The molecule has 0 radical (unpaired) electrons. The van der Waals surface area contributed by atoms with Crippen LogP contribution in [0.15, 0.2) is 71.6 Å². The SMILES string of the molecule is CCOc1ccc(N(CC(=O)N[C@@H](C)c2ccc(CC)cc2)S(=O)(=O)c2ccc(OC)c(OC)c2)cc1. The Morgan fingerprint density at radius 1 is 0.919 bits per heavy atom. The summed E-state index contributed by atoms with van der Waals surface area (Å²) in [6.45, 7) is 5.87. The molecule has 1 N–H and O–H groups in total. The zero-order valence-corrected chi connectivity index (χ0v) is 22.7. The zero-order valence-electron chi connectivity index (χ0n) is 21.9. The number of anilines is 1. The molecule has 0 spiro atoms. The maximum absolute atomic E-state index is 13.8. The number of aryl methyl sites for hydroxylation is 1. The molecule has 37 heavy (non-hydrogen) atoms. The molecule has 3 rings (SSSR count). The number of hydrogen-bond acceptors (Lipinski definition) is 6. The molecule has 0 saturated carbocycles. The number of ether oxygens (including phenoxy) is 3. The number of nitrogens with zero attached hydrogens (tertiary/aromatic N) is 1. The predicted molar refractivity (Wildman–Crippen MR) is 144 cm³/mol. The molecule has 8 nitrogen and oxygen atoms in total. The quantitative estimate of drug-likeness (QED) is 0.367. The predicted octanol–water partition coefficient (Wildman–Crippen LogP) is 4.74. The number of nitrogens with one attached hydrogen (secondary N) is 1. The summed E-state index contributed by atoms with van der Waals surface area (Å²) in [4.78, 5) is 13.1. The van der Waals surface area contributed by atoms with E-state index >= 15 is 0 Å². The Morgan fingerprint density at radius 3 is 2.14 bits per heavy atom. The fourth-order valence-electron chi connectivity index (χ4n) is 3.84. The molecule has 1 amide bonds. The summed E-state index contributed by atoms with van der Waals surface area (Å²) in [5.41, 5.74) is 2.46. The molecule has 0 bridgehead atoms.